The third-order valence-corrected chi connectivity index (χ3v) is 12.7. The molecule has 3 N–H and O–H groups in total. The highest BCUT2D eigenvalue weighted by Crippen LogP contribution is 2.70. The molecule has 0 aliphatic carbocycles. The molecule has 2 aliphatic heterocycles. The highest BCUT2D eigenvalue weighted by molar-refractivity contribution is 7.62. The molecule has 58 heavy (non-hydrogen) atoms. The van der Waals surface area contributed by atoms with Crippen molar-refractivity contribution in [3.05, 3.63) is 119 Å². The Hall–Kier alpha value is -4.42. The summed E-state index contributed by atoms with van der Waals surface area (Å²) in [5.41, 5.74) is 3.07. The lowest BCUT2D eigenvalue weighted by molar-refractivity contribution is -0.109. The van der Waals surface area contributed by atoms with Crippen molar-refractivity contribution in [1.29, 1.82) is 0 Å². The van der Waals surface area contributed by atoms with Crippen LogP contribution in [0.1, 0.15) is 81.7 Å². The van der Waals surface area contributed by atoms with Gasteiger partial charge < -0.3 is 39.3 Å². The summed E-state index contributed by atoms with van der Waals surface area (Å²) >= 11 is 0. The number of hydrogen-bond donors (Lipinski definition) is 3. The Morgan fingerprint density at radius 1 is 0.655 bits per heavy atom. The molecule has 4 atom stereocenters. The maximum Gasteiger partial charge on any atom is 0.457 e. The standard InChI is InChI=1S/C45H57N2O10P/c1-5-8-26-52-38-22-12-34(13-23-38)29-46-41(28-33-10-20-40(21-11-33)54-31-58(55-7-3)56-32(4)57-58)43(49)44(50)42(36-16-18-37(48)19-17-36)47(45(46)51)30-35-14-24-39(25-15-35)53-27-9-6-2/h10-25,32,41-44,49-50H,5-9,26-31H2,1-4H3/p+1/t32?,41-,42?,43+,44+,58?/m1/s1. The molecule has 0 saturated carbocycles. The number of aliphatic hydroxyl groups is 2. The number of nitrogens with zero attached hydrogens (tertiary/aromatic N) is 2. The van der Waals surface area contributed by atoms with Crippen molar-refractivity contribution in [2.24, 2.45) is 0 Å². The first-order valence-electron chi connectivity index (χ1n) is 20.4. The van der Waals surface area contributed by atoms with E-state index in [1.807, 2.05) is 86.6 Å². The fourth-order valence-electron chi connectivity index (χ4n) is 7.22. The summed E-state index contributed by atoms with van der Waals surface area (Å²) in [6.07, 6.45) is 1.24. The number of rotatable bonds is 20. The van der Waals surface area contributed by atoms with E-state index in [2.05, 4.69) is 13.8 Å². The fraction of sp³-hybridized carbons (Fsp3) is 0.444. The van der Waals surface area contributed by atoms with E-state index in [-0.39, 0.29) is 43.9 Å². The van der Waals surface area contributed by atoms with Gasteiger partial charge in [0.1, 0.15) is 35.2 Å². The highest BCUT2D eigenvalue weighted by Gasteiger charge is 2.60. The number of amides is 2. The number of benzene rings is 4. The molecule has 0 spiro atoms. The number of carbonyl (C=O) groups excluding carboxylic acids is 1. The van der Waals surface area contributed by atoms with E-state index < -0.39 is 32.2 Å². The first-order chi connectivity index (χ1) is 28.1. The number of aromatic hydroxyl groups is 1. The minimum atomic E-state index is -2.55. The summed E-state index contributed by atoms with van der Waals surface area (Å²) in [5, 5.41) is 34.6. The quantitative estimate of drug-likeness (QED) is 0.0586. The Kier molecular flexibility index (Phi) is 15.3. The number of hydrogen-bond acceptors (Lipinski definition) is 10. The van der Waals surface area contributed by atoms with Gasteiger partial charge in [0.15, 0.2) is 0 Å². The molecule has 4 aromatic rings. The van der Waals surface area contributed by atoms with Crippen LogP contribution in [0.2, 0.25) is 0 Å². The second-order valence-electron chi connectivity index (χ2n) is 14.7. The van der Waals surface area contributed by atoms with E-state index in [1.54, 1.807) is 21.9 Å². The van der Waals surface area contributed by atoms with E-state index >= 15 is 4.79 Å². The van der Waals surface area contributed by atoms with Gasteiger partial charge in [-0.2, -0.15) is 4.52 Å². The average molecular weight is 818 g/mol. The number of carbonyl (C=O) groups is 1. The van der Waals surface area contributed by atoms with Gasteiger partial charge in [-0.25, -0.2) is 4.79 Å². The van der Waals surface area contributed by atoms with Gasteiger partial charge in [-0.1, -0.05) is 75.2 Å². The van der Waals surface area contributed by atoms with Crippen LogP contribution in [0.15, 0.2) is 97.1 Å². The Balaban J connectivity index is 1.31. The van der Waals surface area contributed by atoms with Gasteiger partial charge in [0.2, 0.25) is 0 Å². The number of aliphatic hydroxyl groups excluding tert-OH is 2. The molecule has 0 radical (unpaired) electrons. The predicted octanol–water partition coefficient (Wildman–Crippen LogP) is 8.79. The van der Waals surface area contributed by atoms with Crippen LogP contribution < -0.4 is 14.2 Å². The lowest BCUT2D eigenvalue weighted by atomic mass is 9.90. The maximum absolute atomic E-state index is 15.2. The third kappa shape index (κ3) is 11.0. The molecule has 312 valence electrons. The summed E-state index contributed by atoms with van der Waals surface area (Å²) in [6, 6.07) is 27.0. The van der Waals surface area contributed by atoms with Crippen molar-refractivity contribution < 1.29 is 47.9 Å². The van der Waals surface area contributed by atoms with Crippen molar-refractivity contribution in [3.8, 4) is 23.0 Å². The lowest BCUT2D eigenvalue weighted by Crippen LogP contribution is -2.50. The third-order valence-electron chi connectivity index (χ3n) is 10.3. The monoisotopic (exact) mass is 817 g/mol. The van der Waals surface area contributed by atoms with Crippen molar-refractivity contribution in [1.82, 2.24) is 9.80 Å². The molecule has 2 amide bonds. The summed E-state index contributed by atoms with van der Waals surface area (Å²) < 4.78 is 35.2. The molecule has 2 heterocycles. The van der Waals surface area contributed by atoms with Gasteiger partial charge in [0.25, 0.3) is 12.6 Å². The van der Waals surface area contributed by atoms with Crippen LogP contribution in [0.4, 0.5) is 4.79 Å². The summed E-state index contributed by atoms with van der Waals surface area (Å²) in [6.45, 7) is 9.89. The van der Waals surface area contributed by atoms with E-state index in [0.29, 0.717) is 31.1 Å². The fourth-order valence-corrected chi connectivity index (χ4v) is 9.16. The van der Waals surface area contributed by atoms with Gasteiger partial charge in [-0.3, -0.25) is 0 Å². The van der Waals surface area contributed by atoms with Crippen molar-refractivity contribution in [3.63, 3.8) is 0 Å². The minimum absolute atomic E-state index is 0.0511. The van der Waals surface area contributed by atoms with Crippen LogP contribution in [0.5, 0.6) is 23.0 Å². The Bertz CT molecular complexity index is 1850. The van der Waals surface area contributed by atoms with E-state index in [4.69, 9.17) is 27.8 Å². The second kappa shape index (κ2) is 20.5. The number of phenols is 1. The molecule has 0 bridgehead atoms. The number of ether oxygens (including phenoxy) is 3. The first kappa shape index (κ1) is 43.2. The average Bonchev–Trinajstić information content (AvgIpc) is 3.28. The van der Waals surface area contributed by atoms with Crippen LogP contribution in [-0.4, -0.2) is 81.9 Å². The van der Waals surface area contributed by atoms with Gasteiger partial charge in [0.05, 0.1) is 31.9 Å². The molecule has 6 rings (SSSR count). The zero-order valence-corrected chi connectivity index (χ0v) is 34.8. The molecule has 2 fully saturated rings. The molecule has 2 aliphatic rings. The molecular formula is C45H58N2O10P+. The molecule has 2 saturated heterocycles. The van der Waals surface area contributed by atoms with Gasteiger partial charge in [-0.15, -0.1) is 9.05 Å². The Labute approximate surface area is 342 Å². The van der Waals surface area contributed by atoms with E-state index in [0.717, 1.165) is 53.9 Å². The Morgan fingerprint density at radius 2 is 1.16 bits per heavy atom. The number of urea groups is 1. The summed E-state index contributed by atoms with van der Waals surface area (Å²) in [5.74, 6) is 2.12. The van der Waals surface area contributed by atoms with E-state index in [9.17, 15) is 15.3 Å². The Morgan fingerprint density at radius 3 is 1.66 bits per heavy atom. The maximum atomic E-state index is 15.2. The molecule has 12 nitrogen and oxygen atoms in total. The van der Waals surface area contributed by atoms with E-state index in [1.165, 1.54) is 12.1 Å². The number of phenolic OH excluding ortho intramolecular Hbond substituents is 1. The topological polar surface area (TPSA) is 140 Å². The summed E-state index contributed by atoms with van der Waals surface area (Å²) in [4.78, 5) is 18.5. The molecule has 1 unspecified atom stereocenters. The smallest absolute Gasteiger partial charge is 0.457 e. The minimum Gasteiger partial charge on any atom is -0.508 e. The molecule has 13 heteroatoms. The van der Waals surface area contributed by atoms with Crippen LogP contribution in [0, 0.1) is 0 Å². The van der Waals surface area contributed by atoms with Gasteiger partial charge in [0, 0.05) is 13.1 Å². The summed E-state index contributed by atoms with van der Waals surface area (Å²) in [7, 11) is -2.55. The molecule has 0 aromatic heterocycles. The zero-order valence-electron chi connectivity index (χ0n) is 33.9. The highest BCUT2D eigenvalue weighted by atomic mass is 31.2. The lowest BCUT2D eigenvalue weighted by Gasteiger charge is -2.36. The molecule has 4 aromatic carbocycles. The largest absolute Gasteiger partial charge is 0.508 e. The van der Waals surface area contributed by atoms with Crippen LogP contribution in [0.25, 0.3) is 0 Å². The normalized spacial score (nSPS) is 23.3. The van der Waals surface area contributed by atoms with Gasteiger partial charge in [-0.05, 0) is 104 Å². The van der Waals surface area contributed by atoms with Crippen molar-refractivity contribution in [2.45, 2.75) is 103 Å². The van der Waals surface area contributed by atoms with Crippen LogP contribution in [0.3, 0.4) is 0 Å². The molecular weight excluding hydrogens is 759 g/mol. The first-order valence-corrected chi connectivity index (χ1v) is 22.1. The van der Waals surface area contributed by atoms with Crippen LogP contribution >= 0.6 is 7.94 Å². The SMILES string of the molecule is CCCCOc1ccc(CN2C(=O)N(Cc3ccc(OCCCC)cc3)[C@H](Cc3ccc(OC[P+]4(OCC)OC(C)O4)cc3)[C@H](O)[C@@H](O)C2c2ccc(O)cc2)cc1. The van der Waals surface area contributed by atoms with Gasteiger partial charge >= 0.3 is 14.0 Å². The number of unbranched alkanes of at least 4 members (excludes halogenated alkanes) is 2. The second-order valence-corrected chi connectivity index (χ2v) is 16.9. The zero-order chi connectivity index (χ0) is 41.1. The van der Waals surface area contributed by atoms with Crippen molar-refractivity contribution in [2.75, 3.05) is 26.2 Å². The van der Waals surface area contributed by atoms with Crippen LogP contribution in [-0.2, 0) is 33.1 Å². The van der Waals surface area contributed by atoms with Crippen molar-refractivity contribution >= 4 is 14.0 Å². The predicted molar refractivity (Wildman–Crippen MR) is 223 cm³/mol.